The smallest absolute Gasteiger partial charge is 0.211 e. The SMILES string of the molecule is CCS(=O)(=O)N[C@@H]1CN(Cc2ccccc2)C[C@H]1CN(C)C. The van der Waals surface area contributed by atoms with Crippen molar-refractivity contribution in [2.75, 3.05) is 39.5 Å². The van der Waals surface area contributed by atoms with Crippen LogP contribution >= 0.6 is 0 Å². The molecule has 0 saturated carbocycles. The molecule has 0 amide bonds. The molecule has 1 aromatic rings. The molecule has 0 bridgehead atoms. The highest BCUT2D eigenvalue weighted by Gasteiger charge is 2.35. The Morgan fingerprint density at radius 3 is 2.50 bits per heavy atom. The molecular weight excluding hydrogens is 298 g/mol. The topological polar surface area (TPSA) is 52.7 Å². The summed E-state index contributed by atoms with van der Waals surface area (Å²) in [5.41, 5.74) is 1.27. The summed E-state index contributed by atoms with van der Waals surface area (Å²) in [4.78, 5) is 4.47. The zero-order valence-corrected chi connectivity index (χ0v) is 14.5. The number of benzene rings is 1. The summed E-state index contributed by atoms with van der Waals surface area (Å²) < 4.78 is 26.7. The number of rotatable bonds is 7. The molecule has 0 aromatic heterocycles. The first-order valence-corrected chi connectivity index (χ1v) is 9.46. The third-order valence-corrected chi connectivity index (χ3v) is 5.50. The predicted molar refractivity (Wildman–Crippen MR) is 90.1 cm³/mol. The van der Waals surface area contributed by atoms with Crippen molar-refractivity contribution in [3.05, 3.63) is 35.9 Å². The van der Waals surface area contributed by atoms with Gasteiger partial charge in [0.25, 0.3) is 0 Å². The number of nitrogens with zero attached hydrogens (tertiary/aromatic N) is 2. The zero-order valence-electron chi connectivity index (χ0n) is 13.7. The minimum Gasteiger partial charge on any atom is -0.309 e. The normalized spacial score (nSPS) is 23.3. The summed E-state index contributed by atoms with van der Waals surface area (Å²) in [7, 11) is 0.903. The summed E-state index contributed by atoms with van der Waals surface area (Å²) in [6, 6.07) is 10.3. The second-order valence-electron chi connectivity index (χ2n) is 6.33. The van der Waals surface area contributed by atoms with Crippen LogP contribution in [0.5, 0.6) is 0 Å². The van der Waals surface area contributed by atoms with Gasteiger partial charge in [-0.05, 0) is 26.6 Å². The first-order chi connectivity index (χ1) is 10.4. The summed E-state index contributed by atoms with van der Waals surface area (Å²) in [6.07, 6.45) is 0. The number of hydrogen-bond donors (Lipinski definition) is 1. The van der Waals surface area contributed by atoms with Gasteiger partial charge in [-0.25, -0.2) is 13.1 Å². The lowest BCUT2D eigenvalue weighted by Gasteiger charge is -2.22. The van der Waals surface area contributed by atoms with Crippen LogP contribution in [0.25, 0.3) is 0 Å². The van der Waals surface area contributed by atoms with Crippen molar-refractivity contribution < 1.29 is 8.42 Å². The van der Waals surface area contributed by atoms with E-state index in [1.54, 1.807) is 6.92 Å². The zero-order chi connectivity index (χ0) is 16.2. The Bertz CT molecular complexity index is 560. The monoisotopic (exact) mass is 325 g/mol. The molecule has 0 aliphatic carbocycles. The number of nitrogens with one attached hydrogen (secondary N) is 1. The van der Waals surface area contributed by atoms with E-state index in [1.807, 2.05) is 32.3 Å². The molecule has 0 radical (unpaired) electrons. The lowest BCUT2D eigenvalue weighted by atomic mass is 10.0. The third-order valence-electron chi connectivity index (χ3n) is 4.08. The van der Waals surface area contributed by atoms with Crippen LogP contribution in [0.1, 0.15) is 12.5 Å². The van der Waals surface area contributed by atoms with Gasteiger partial charge in [0.15, 0.2) is 0 Å². The molecule has 1 aliphatic heterocycles. The van der Waals surface area contributed by atoms with E-state index in [9.17, 15) is 8.42 Å². The summed E-state index contributed by atoms with van der Waals surface area (Å²) in [5, 5.41) is 0. The molecule has 0 spiro atoms. The lowest BCUT2D eigenvalue weighted by molar-refractivity contribution is 0.283. The molecular formula is C16H27N3O2S. The largest absolute Gasteiger partial charge is 0.309 e. The molecule has 22 heavy (non-hydrogen) atoms. The Morgan fingerprint density at radius 1 is 1.23 bits per heavy atom. The van der Waals surface area contributed by atoms with Crippen LogP contribution in [-0.2, 0) is 16.6 Å². The van der Waals surface area contributed by atoms with Crippen LogP contribution < -0.4 is 4.72 Å². The van der Waals surface area contributed by atoms with Crippen molar-refractivity contribution in [1.82, 2.24) is 14.5 Å². The van der Waals surface area contributed by atoms with E-state index in [0.29, 0.717) is 5.92 Å². The molecule has 1 aromatic carbocycles. The fraction of sp³-hybridized carbons (Fsp3) is 0.625. The predicted octanol–water partition coefficient (Wildman–Crippen LogP) is 0.988. The Kier molecular flexibility index (Phi) is 5.97. The van der Waals surface area contributed by atoms with Crippen molar-refractivity contribution >= 4 is 10.0 Å². The highest BCUT2D eigenvalue weighted by atomic mass is 32.2. The van der Waals surface area contributed by atoms with Gasteiger partial charge in [0.05, 0.1) is 5.75 Å². The van der Waals surface area contributed by atoms with Gasteiger partial charge in [0, 0.05) is 38.1 Å². The molecule has 2 atom stereocenters. The maximum absolute atomic E-state index is 11.9. The Labute approximate surface area is 134 Å². The number of hydrogen-bond acceptors (Lipinski definition) is 4. The van der Waals surface area contributed by atoms with Gasteiger partial charge in [-0.3, -0.25) is 4.90 Å². The molecule has 1 N–H and O–H groups in total. The molecule has 6 heteroatoms. The first kappa shape index (κ1) is 17.4. The fourth-order valence-corrected chi connectivity index (χ4v) is 3.93. The van der Waals surface area contributed by atoms with E-state index in [0.717, 1.165) is 26.2 Å². The highest BCUT2D eigenvalue weighted by molar-refractivity contribution is 7.89. The maximum atomic E-state index is 11.9. The van der Waals surface area contributed by atoms with Crippen molar-refractivity contribution in [3.8, 4) is 0 Å². The molecule has 5 nitrogen and oxygen atoms in total. The summed E-state index contributed by atoms with van der Waals surface area (Å²) >= 11 is 0. The highest BCUT2D eigenvalue weighted by Crippen LogP contribution is 2.21. The van der Waals surface area contributed by atoms with Gasteiger partial charge in [-0.2, -0.15) is 0 Å². The Balaban J connectivity index is 2.04. The number of likely N-dealkylation sites (tertiary alicyclic amines) is 1. The molecule has 124 valence electrons. The van der Waals surface area contributed by atoms with Gasteiger partial charge in [0.2, 0.25) is 10.0 Å². The average Bonchev–Trinajstić information content (AvgIpc) is 2.80. The van der Waals surface area contributed by atoms with Crippen LogP contribution in [0.4, 0.5) is 0 Å². The lowest BCUT2D eigenvalue weighted by Crippen LogP contribution is -2.43. The van der Waals surface area contributed by atoms with Crippen LogP contribution in [0, 0.1) is 5.92 Å². The van der Waals surface area contributed by atoms with Crippen LogP contribution in [0.3, 0.4) is 0 Å². The molecule has 0 unspecified atom stereocenters. The van der Waals surface area contributed by atoms with Gasteiger partial charge in [-0.1, -0.05) is 30.3 Å². The van der Waals surface area contributed by atoms with Crippen molar-refractivity contribution in [3.63, 3.8) is 0 Å². The van der Waals surface area contributed by atoms with E-state index in [-0.39, 0.29) is 11.8 Å². The quantitative estimate of drug-likeness (QED) is 0.812. The number of sulfonamides is 1. The minimum absolute atomic E-state index is 0.00365. The second kappa shape index (κ2) is 7.55. The van der Waals surface area contributed by atoms with E-state index in [4.69, 9.17) is 0 Å². The van der Waals surface area contributed by atoms with Crippen molar-refractivity contribution in [1.29, 1.82) is 0 Å². The molecule has 1 fully saturated rings. The second-order valence-corrected chi connectivity index (χ2v) is 8.37. The van der Waals surface area contributed by atoms with Crippen LogP contribution in [-0.4, -0.2) is 63.7 Å². The molecule has 1 saturated heterocycles. The van der Waals surface area contributed by atoms with Gasteiger partial charge in [-0.15, -0.1) is 0 Å². The van der Waals surface area contributed by atoms with Crippen molar-refractivity contribution in [2.45, 2.75) is 19.5 Å². The Hall–Kier alpha value is -0.950. The van der Waals surface area contributed by atoms with Gasteiger partial charge in [0.1, 0.15) is 0 Å². The van der Waals surface area contributed by atoms with E-state index < -0.39 is 10.0 Å². The van der Waals surface area contributed by atoms with Crippen molar-refractivity contribution in [2.24, 2.45) is 5.92 Å². The van der Waals surface area contributed by atoms with E-state index >= 15 is 0 Å². The average molecular weight is 325 g/mol. The summed E-state index contributed by atoms with van der Waals surface area (Å²) in [5.74, 6) is 0.455. The van der Waals surface area contributed by atoms with E-state index in [1.165, 1.54) is 5.56 Å². The van der Waals surface area contributed by atoms with Crippen LogP contribution in [0.2, 0.25) is 0 Å². The molecule has 1 aliphatic rings. The third kappa shape index (κ3) is 5.05. The fourth-order valence-electron chi connectivity index (χ4n) is 3.03. The maximum Gasteiger partial charge on any atom is 0.211 e. The standard InChI is InChI=1S/C16H27N3O2S/c1-4-22(20,21)17-16-13-19(12-15(16)11-18(2)3)10-14-8-6-5-7-9-14/h5-9,15-17H,4,10-13H2,1-3H3/t15-,16-/m1/s1. The van der Waals surface area contributed by atoms with Crippen LogP contribution in [0.15, 0.2) is 30.3 Å². The molecule has 1 heterocycles. The summed E-state index contributed by atoms with van der Waals surface area (Å²) in [6.45, 7) is 5.13. The minimum atomic E-state index is -3.16. The van der Waals surface area contributed by atoms with E-state index in [2.05, 4.69) is 26.7 Å². The van der Waals surface area contributed by atoms with Gasteiger partial charge >= 0.3 is 0 Å². The molecule has 2 rings (SSSR count). The van der Waals surface area contributed by atoms with Gasteiger partial charge < -0.3 is 4.90 Å². The first-order valence-electron chi connectivity index (χ1n) is 7.80. The Morgan fingerprint density at radius 2 is 1.91 bits per heavy atom.